The van der Waals surface area contributed by atoms with Crippen LogP contribution in [0.1, 0.15) is 26.2 Å². The third kappa shape index (κ3) is 2.89. The Bertz CT molecular complexity index is 166. The summed E-state index contributed by atoms with van der Waals surface area (Å²) in [6.07, 6.45) is 5.68. The van der Waals surface area contributed by atoms with E-state index in [0.717, 1.165) is 12.8 Å². The van der Waals surface area contributed by atoms with E-state index in [4.69, 9.17) is 0 Å². The van der Waals surface area contributed by atoms with Crippen molar-refractivity contribution in [3.8, 4) is 0 Å². The number of alkyl halides is 2. The molecular weight excluding hydrogens is 160 g/mol. The summed E-state index contributed by atoms with van der Waals surface area (Å²) < 4.78 is 25.2. The summed E-state index contributed by atoms with van der Waals surface area (Å²) in [7, 11) is 0. The lowest BCUT2D eigenvalue weighted by Crippen LogP contribution is -2.22. The minimum atomic E-state index is -2.47. The summed E-state index contributed by atoms with van der Waals surface area (Å²) in [6, 6.07) is 0.0104. The molecule has 0 radical (unpaired) electrons. The molecular formula is C9H15F2N. The van der Waals surface area contributed by atoms with Crippen molar-refractivity contribution in [2.45, 2.75) is 38.2 Å². The molecule has 70 valence electrons. The Labute approximate surface area is 71.8 Å². The molecule has 0 aromatic rings. The summed E-state index contributed by atoms with van der Waals surface area (Å²) >= 11 is 0. The molecule has 1 fully saturated rings. The molecule has 1 rings (SSSR count). The Morgan fingerprint density at radius 1 is 1.58 bits per heavy atom. The standard InChI is InChI=1S/C9H15F2N/c1-2-3-4-5-8-6-9(10,11)7-12-8/h2-3,8,12H,4-7H2,1H3/b3-2+. The number of nitrogens with one attached hydrogen (secondary N) is 1. The maximum Gasteiger partial charge on any atom is 0.261 e. The average molecular weight is 175 g/mol. The Morgan fingerprint density at radius 2 is 2.33 bits per heavy atom. The van der Waals surface area contributed by atoms with Crippen LogP contribution in [-0.4, -0.2) is 18.5 Å². The highest BCUT2D eigenvalue weighted by Gasteiger charge is 2.38. The first kappa shape index (κ1) is 9.65. The minimum Gasteiger partial charge on any atom is -0.308 e. The number of rotatable bonds is 3. The SMILES string of the molecule is C/C=C/CCC1CC(F)(F)CN1. The molecule has 0 bridgehead atoms. The van der Waals surface area contributed by atoms with Gasteiger partial charge in [-0.15, -0.1) is 0 Å². The molecule has 0 amide bonds. The van der Waals surface area contributed by atoms with Crippen LogP contribution in [0.3, 0.4) is 0 Å². The van der Waals surface area contributed by atoms with Gasteiger partial charge in [0.25, 0.3) is 5.92 Å². The van der Waals surface area contributed by atoms with E-state index in [-0.39, 0.29) is 19.0 Å². The Balaban J connectivity index is 2.19. The largest absolute Gasteiger partial charge is 0.308 e. The molecule has 1 atom stereocenters. The highest BCUT2D eigenvalue weighted by Crippen LogP contribution is 2.26. The van der Waals surface area contributed by atoms with Gasteiger partial charge in [-0.3, -0.25) is 0 Å². The van der Waals surface area contributed by atoms with Gasteiger partial charge < -0.3 is 5.32 Å². The summed E-state index contributed by atoms with van der Waals surface area (Å²) in [6.45, 7) is 1.80. The fraction of sp³-hybridized carbons (Fsp3) is 0.778. The van der Waals surface area contributed by atoms with Crippen LogP contribution in [0.15, 0.2) is 12.2 Å². The number of halogens is 2. The number of hydrogen-bond donors (Lipinski definition) is 1. The zero-order chi connectivity index (χ0) is 9.03. The van der Waals surface area contributed by atoms with Crippen LogP contribution < -0.4 is 5.32 Å². The molecule has 1 saturated heterocycles. The lowest BCUT2D eigenvalue weighted by atomic mass is 10.1. The lowest BCUT2D eigenvalue weighted by Gasteiger charge is -2.07. The molecule has 1 aliphatic heterocycles. The van der Waals surface area contributed by atoms with Crippen molar-refractivity contribution >= 4 is 0 Å². The first-order valence-corrected chi connectivity index (χ1v) is 4.36. The van der Waals surface area contributed by atoms with Crippen LogP contribution in [0.2, 0.25) is 0 Å². The molecule has 0 aromatic heterocycles. The van der Waals surface area contributed by atoms with Crippen molar-refractivity contribution in [3.05, 3.63) is 12.2 Å². The van der Waals surface area contributed by atoms with Crippen LogP contribution in [0.4, 0.5) is 8.78 Å². The summed E-state index contributed by atoms with van der Waals surface area (Å²) in [5.74, 6) is -2.47. The summed E-state index contributed by atoms with van der Waals surface area (Å²) in [5.41, 5.74) is 0. The molecule has 1 heterocycles. The highest BCUT2D eigenvalue weighted by molar-refractivity contribution is 4.89. The molecule has 1 nitrogen and oxygen atoms in total. The topological polar surface area (TPSA) is 12.0 Å². The van der Waals surface area contributed by atoms with E-state index < -0.39 is 5.92 Å². The zero-order valence-electron chi connectivity index (χ0n) is 7.32. The van der Waals surface area contributed by atoms with E-state index in [2.05, 4.69) is 5.32 Å². The minimum absolute atomic E-state index is 0.00452. The fourth-order valence-corrected chi connectivity index (χ4v) is 1.47. The van der Waals surface area contributed by atoms with Crippen LogP contribution in [0, 0.1) is 0 Å². The van der Waals surface area contributed by atoms with Gasteiger partial charge in [-0.1, -0.05) is 12.2 Å². The predicted octanol–water partition coefficient (Wildman–Crippen LogP) is 2.34. The molecule has 0 aliphatic carbocycles. The van der Waals surface area contributed by atoms with E-state index in [1.165, 1.54) is 0 Å². The highest BCUT2D eigenvalue weighted by atomic mass is 19.3. The normalized spacial score (nSPS) is 28.4. The lowest BCUT2D eigenvalue weighted by molar-refractivity contribution is 0.0209. The first-order chi connectivity index (χ1) is 5.64. The Hall–Kier alpha value is -0.440. The van der Waals surface area contributed by atoms with Gasteiger partial charge in [0.1, 0.15) is 0 Å². The maximum atomic E-state index is 12.6. The molecule has 1 aliphatic rings. The molecule has 12 heavy (non-hydrogen) atoms. The van der Waals surface area contributed by atoms with Gasteiger partial charge in [0.2, 0.25) is 0 Å². The smallest absolute Gasteiger partial charge is 0.261 e. The van der Waals surface area contributed by atoms with Gasteiger partial charge in [0, 0.05) is 12.5 Å². The van der Waals surface area contributed by atoms with E-state index >= 15 is 0 Å². The average Bonchev–Trinajstić information content (AvgIpc) is 2.31. The maximum absolute atomic E-state index is 12.6. The van der Waals surface area contributed by atoms with Crippen molar-refractivity contribution in [1.82, 2.24) is 5.32 Å². The molecule has 0 aromatic carbocycles. The van der Waals surface area contributed by atoms with Crippen LogP contribution in [-0.2, 0) is 0 Å². The van der Waals surface area contributed by atoms with Crippen LogP contribution in [0.5, 0.6) is 0 Å². The van der Waals surface area contributed by atoms with Gasteiger partial charge in [0.15, 0.2) is 0 Å². The van der Waals surface area contributed by atoms with Gasteiger partial charge in [-0.05, 0) is 19.8 Å². The molecule has 1 unspecified atom stereocenters. The second-order valence-corrected chi connectivity index (χ2v) is 3.28. The van der Waals surface area contributed by atoms with E-state index in [0.29, 0.717) is 0 Å². The van der Waals surface area contributed by atoms with Crippen LogP contribution in [0.25, 0.3) is 0 Å². The van der Waals surface area contributed by atoms with Crippen molar-refractivity contribution < 1.29 is 8.78 Å². The van der Waals surface area contributed by atoms with Crippen molar-refractivity contribution in [2.24, 2.45) is 0 Å². The Kier molecular flexibility index (Phi) is 3.20. The predicted molar refractivity (Wildman–Crippen MR) is 45.4 cm³/mol. The molecule has 1 N–H and O–H groups in total. The van der Waals surface area contributed by atoms with E-state index in [1.54, 1.807) is 0 Å². The monoisotopic (exact) mass is 175 g/mol. The van der Waals surface area contributed by atoms with Gasteiger partial charge in [-0.25, -0.2) is 8.78 Å². The van der Waals surface area contributed by atoms with Gasteiger partial charge in [0.05, 0.1) is 6.54 Å². The zero-order valence-corrected chi connectivity index (χ0v) is 7.32. The number of hydrogen-bond acceptors (Lipinski definition) is 1. The van der Waals surface area contributed by atoms with Crippen LogP contribution >= 0.6 is 0 Å². The second-order valence-electron chi connectivity index (χ2n) is 3.28. The molecule has 3 heteroatoms. The fourth-order valence-electron chi connectivity index (χ4n) is 1.47. The van der Waals surface area contributed by atoms with Crippen molar-refractivity contribution in [2.75, 3.05) is 6.54 Å². The van der Waals surface area contributed by atoms with Gasteiger partial charge >= 0.3 is 0 Å². The Morgan fingerprint density at radius 3 is 2.83 bits per heavy atom. The first-order valence-electron chi connectivity index (χ1n) is 4.36. The van der Waals surface area contributed by atoms with Crippen molar-refractivity contribution in [3.63, 3.8) is 0 Å². The number of allylic oxidation sites excluding steroid dienone is 2. The quantitative estimate of drug-likeness (QED) is 0.649. The summed E-state index contributed by atoms with van der Waals surface area (Å²) in [4.78, 5) is 0. The van der Waals surface area contributed by atoms with Crippen molar-refractivity contribution in [1.29, 1.82) is 0 Å². The second kappa shape index (κ2) is 3.99. The van der Waals surface area contributed by atoms with E-state index in [9.17, 15) is 8.78 Å². The van der Waals surface area contributed by atoms with E-state index in [1.807, 2.05) is 19.1 Å². The third-order valence-corrected chi connectivity index (χ3v) is 2.11. The summed E-state index contributed by atoms with van der Waals surface area (Å²) in [5, 5.41) is 2.82. The molecule has 0 spiro atoms. The third-order valence-electron chi connectivity index (χ3n) is 2.11. The van der Waals surface area contributed by atoms with Gasteiger partial charge in [-0.2, -0.15) is 0 Å². The molecule has 0 saturated carbocycles.